The van der Waals surface area contributed by atoms with Crippen LogP contribution in [0, 0.1) is 10.1 Å². The van der Waals surface area contributed by atoms with Crippen LogP contribution in [0.2, 0.25) is 0 Å². The van der Waals surface area contributed by atoms with Crippen LogP contribution in [0.3, 0.4) is 0 Å². The van der Waals surface area contributed by atoms with E-state index in [0.29, 0.717) is 6.61 Å². The molecule has 5 nitrogen and oxygen atoms in total. The van der Waals surface area contributed by atoms with Crippen LogP contribution in [0.5, 0.6) is 5.75 Å². The predicted molar refractivity (Wildman–Crippen MR) is 76.5 cm³/mol. The van der Waals surface area contributed by atoms with Crippen LogP contribution in [0.4, 0.5) is 5.69 Å². The summed E-state index contributed by atoms with van der Waals surface area (Å²) in [5.41, 5.74) is 7.77. The predicted octanol–water partition coefficient (Wildman–Crippen LogP) is 3.19. The number of benzene rings is 2. The molecule has 0 spiro atoms. The molecule has 0 unspecified atom stereocenters. The van der Waals surface area contributed by atoms with Crippen molar-refractivity contribution in [3.05, 3.63) is 69.8 Å². The van der Waals surface area contributed by atoms with E-state index in [1.165, 1.54) is 12.1 Å². The van der Waals surface area contributed by atoms with Gasteiger partial charge in [0.05, 0.1) is 4.92 Å². The van der Waals surface area contributed by atoms with Gasteiger partial charge in [0.2, 0.25) is 0 Å². The molecule has 0 bridgehead atoms. The molecule has 104 valence electrons. The van der Waals surface area contributed by atoms with Crippen LogP contribution in [0.25, 0.3) is 0 Å². The largest absolute Gasteiger partial charge is 0.489 e. The lowest BCUT2D eigenvalue weighted by Crippen LogP contribution is -2.05. The fourth-order valence-electron chi connectivity index (χ4n) is 1.77. The second-order valence-corrected chi connectivity index (χ2v) is 4.57. The second-order valence-electron chi connectivity index (χ2n) is 4.57. The highest BCUT2D eigenvalue weighted by Gasteiger charge is 2.05. The van der Waals surface area contributed by atoms with Crippen molar-refractivity contribution in [1.82, 2.24) is 0 Å². The Bertz CT molecular complexity index is 594. The second kappa shape index (κ2) is 6.16. The van der Waals surface area contributed by atoms with Crippen LogP contribution < -0.4 is 10.5 Å². The average Bonchev–Trinajstić information content (AvgIpc) is 2.46. The zero-order valence-corrected chi connectivity index (χ0v) is 11.2. The van der Waals surface area contributed by atoms with Crippen LogP contribution in [0.15, 0.2) is 48.5 Å². The van der Waals surface area contributed by atoms with E-state index in [0.717, 1.165) is 16.9 Å². The molecular formula is C15H16N2O3. The quantitative estimate of drug-likeness (QED) is 0.669. The average molecular weight is 272 g/mol. The number of nitro groups is 1. The summed E-state index contributed by atoms with van der Waals surface area (Å²) < 4.78 is 5.66. The van der Waals surface area contributed by atoms with Crippen molar-refractivity contribution in [1.29, 1.82) is 0 Å². The lowest BCUT2D eigenvalue weighted by molar-refractivity contribution is -0.384. The van der Waals surface area contributed by atoms with Crippen molar-refractivity contribution in [3.8, 4) is 5.75 Å². The minimum Gasteiger partial charge on any atom is -0.489 e. The van der Waals surface area contributed by atoms with Crippen LogP contribution >= 0.6 is 0 Å². The first kappa shape index (κ1) is 14.0. The van der Waals surface area contributed by atoms with Crippen molar-refractivity contribution in [3.63, 3.8) is 0 Å². The Morgan fingerprint density at radius 3 is 2.55 bits per heavy atom. The number of hydrogen-bond acceptors (Lipinski definition) is 4. The van der Waals surface area contributed by atoms with Gasteiger partial charge in [0, 0.05) is 18.2 Å². The van der Waals surface area contributed by atoms with Gasteiger partial charge >= 0.3 is 0 Å². The summed E-state index contributed by atoms with van der Waals surface area (Å²) in [7, 11) is 0. The molecule has 2 rings (SSSR count). The third-order valence-electron chi connectivity index (χ3n) is 2.94. The third kappa shape index (κ3) is 3.55. The maximum atomic E-state index is 10.6. The molecule has 0 aliphatic carbocycles. The Hall–Kier alpha value is -2.40. The Balaban J connectivity index is 2.01. The molecule has 0 heterocycles. The number of hydrogen-bond donors (Lipinski definition) is 1. The molecule has 20 heavy (non-hydrogen) atoms. The van der Waals surface area contributed by atoms with Gasteiger partial charge in [0.15, 0.2) is 0 Å². The highest BCUT2D eigenvalue weighted by molar-refractivity contribution is 5.33. The highest BCUT2D eigenvalue weighted by Crippen LogP contribution is 2.19. The van der Waals surface area contributed by atoms with Crippen molar-refractivity contribution >= 4 is 5.69 Å². The summed E-state index contributed by atoms with van der Waals surface area (Å²) in [5, 5.41) is 10.6. The number of nitrogens with two attached hydrogens (primary N) is 1. The minimum atomic E-state index is -0.420. The molecule has 0 saturated heterocycles. The van der Waals surface area contributed by atoms with E-state index in [1.54, 1.807) is 12.1 Å². The number of non-ortho nitro benzene ring substituents is 1. The van der Waals surface area contributed by atoms with Gasteiger partial charge in [0.1, 0.15) is 12.4 Å². The fourth-order valence-corrected chi connectivity index (χ4v) is 1.77. The van der Waals surface area contributed by atoms with E-state index >= 15 is 0 Å². The van der Waals surface area contributed by atoms with E-state index in [1.807, 2.05) is 31.2 Å². The maximum absolute atomic E-state index is 10.6. The van der Waals surface area contributed by atoms with Gasteiger partial charge in [-0.3, -0.25) is 10.1 Å². The smallest absolute Gasteiger partial charge is 0.269 e. The first-order valence-corrected chi connectivity index (χ1v) is 6.28. The normalized spacial score (nSPS) is 11.9. The van der Waals surface area contributed by atoms with Crippen molar-refractivity contribution in [2.75, 3.05) is 0 Å². The van der Waals surface area contributed by atoms with Crippen LogP contribution in [-0.2, 0) is 6.61 Å². The molecule has 0 fully saturated rings. The summed E-state index contributed by atoms with van der Waals surface area (Å²) in [5.74, 6) is 0.734. The van der Waals surface area contributed by atoms with E-state index in [2.05, 4.69) is 0 Å². The topological polar surface area (TPSA) is 78.4 Å². The standard InChI is InChI=1S/C15H16N2O3/c1-11(16)13-3-2-4-15(9-13)20-10-12-5-7-14(8-6-12)17(18)19/h2-9,11H,10,16H2,1H3/t11-/m1/s1. The molecule has 0 amide bonds. The molecule has 0 aliphatic heterocycles. The Morgan fingerprint density at radius 1 is 1.25 bits per heavy atom. The molecule has 2 aromatic carbocycles. The summed E-state index contributed by atoms with van der Waals surface area (Å²) in [6, 6.07) is 13.9. The van der Waals surface area contributed by atoms with Crippen molar-refractivity contribution < 1.29 is 9.66 Å². The van der Waals surface area contributed by atoms with Gasteiger partial charge in [-0.05, 0) is 42.3 Å². The van der Waals surface area contributed by atoms with E-state index in [9.17, 15) is 10.1 Å². The zero-order chi connectivity index (χ0) is 14.5. The van der Waals surface area contributed by atoms with Gasteiger partial charge < -0.3 is 10.5 Å². The number of ether oxygens (including phenoxy) is 1. The zero-order valence-electron chi connectivity index (χ0n) is 11.2. The van der Waals surface area contributed by atoms with Gasteiger partial charge in [-0.1, -0.05) is 12.1 Å². The summed E-state index contributed by atoms with van der Waals surface area (Å²) in [6.07, 6.45) is 0. The molecular weight excluding hydrogens is 256 g/mol. The van der Waals surface area contributed by atoms with E-state index in [-0.39, 0.29) is 11.7 Å². The van der Waals surface area contributed by atoms with Gasteiger partial charge in [-0.15, -0.1) is 0 Å². The third-order valence-corrected chi connectivity index (χ3v) is 2.94. The molecule has 0 aliphatic rings. The molecule has 0 aromatic heterocycles. The Kier molecular flexibility index (Phi) is 4.32. The van der Waals surface area contributed by atoms with Crippen LogP contribution in [-0.4, -0.2) is 4.92 Å². The molecule has 5 heteroatoms. The lowest BCUT2D eigenvalue weighted by Gasteiger charge is -2.10. The van der Waals surface area contributed by atoms with Gasteiger partial charge in [0.25, 0.3) is 5.69 Å². The van der Waals surface area contributed by atoms with Crippen LogP contribution in [0.1, 0.15) is 24.1 Å². The summed E-state index contributed by atoms with van der Waals surface area (Å²) >= 11 is 0. The van der Waals surface area contributed by atoms with Gasteiger partial charge in [-0.2, -0.15) is 0 Å². The van der Waals surface area contributed by atoms with E-state index < -0.39 is 4.92 Å². The number of nitro benzene ring substituents is 1. The number of nitrogens with zero attached hydrogens (tertiary/aromatic N) is 1. The van der Waals surface area contributed by atoms with E-state index in [4.69, 9.17) is 10.5 Å². The molecule has 0 radical (unpaired) electrons. The monoisotopic (exact) mass is 272 g/mol. The molecule has 2 aromatic rings. The highest BCUT2D eigenvalue weighted by atomic mass is 16.6. The summed E-state index contributed by atoms with van der Waals surface area (Å²) in [6.45, 7) is 2.27. The molecule has 2 N–H and O–H groups in total. The van der Waals surface area contributed by atoms with Gasteiger partial charge in [-0.25, -0.2) is 0 Å². The first-order chi connectivity index (χ1) is 9.56. The number of rotatable bonds is 5. The lowest BCUT2D eigenvalue weighted by atomic mass is 10.1. The fraction of sp³-hybridized carbons (Fsp3) is 0.200. The SMILES string of the molecule is C[C@@H](N)c1cccc(OCc2ccc([N+](=O)[O-])cc2)c1. The van der Waals surface area contributed by atoms with Crippen molar-refractivity contribution in [2.45, 2.75) is 19.6 Å². The Morgan fingerprint density at radius 2 is 1.95 bits per heavy atom. The minimum absolute atomic E-state index is 0.0436. The molecule has 0 saturated carbocycles. The Labute approximate surface area is 117 Å². The van der Waals surface area contributed by atoms with Crippen molar-refractivity contribution in [2.24, 2.45) is 5.73 Å². The first-order valence-electron chi connectivity index (χ1n) is 6.28. The summed E-state index contributed by atoms with van der Waals surface area (Å²) in [4.78, 5) is 10.1. The maximum Gasteiger partial charge on any atom is 0.269 e. The molecule has 1 atom stereocenters.